The average molecular weight is 498 g/mol. The third-order valence-electron chi connectivity index (χ3n) is 4.20. The fourth-order valence-electron chi connectivity index (χ4n) is 2.89. The van der Waals surface area contributed by atoms with Crippen LogP contribution in [0.1, 0.15) is 5.69 Å². The van der Waals surface area contributed by atoms with Gasteiger partial charge in [-0.25, -0.2) is 17.8 Å². The number of anilines is 4. The summed E-state index contributed by atoms with van der Waals surface area (Å²) in [5.74, 6) is -0.551. The molecule has 4 rings (SSSR count). The molecule has 0 saturated heterocycles. The van der Waals surface area contributed by atoms with Crippen molar-refractivity contribution in [2.24, 2.45) is 0 Å². The first-order chi connectivity index (χ1) is 14.8. The molecule has 0 radical (unpaired) electrons. The molecule has 2 N–H and O–H groups in total. The highest BCUT2D eigenvalue weighted by Gasteiger charge is 2.25. The van der Waals surface area contributed by atoms with Crippen LogP contribution in [0.5, 0.6) is 0 Å². The molecule has 2 heterocycles. The van der Waals surface area contributed by atoms with Crippen molar-refractivity contribution in [3.8, 4) is 0 Å². The first kappa shape index (κ1) is 21.6. The van der Waals surface area contributed by atoms with Crippen LogP contribution >= 0.6 is 34.5 Å². The van der Waals surface area contributed by atoms with E-state index in [-0.39, 0.29) is 10.8 Å². The average Bonchev–Trinajstić information content (AvgIpc) is 3.36. The number of para-hydroxylation sites is 1. The second-order valence-electron chi connectivity index (χ2n) is 6.37. The lowest BCUT2D eigenvalue weighted by Crippen LogP contribution is -2.16. The number of hydrogen-bond acceptors (Lipinski definition) is 6. The third kappa shape index (κ3) is 4.38. The molecule has 0 fully saturated rings. The molecule has 4 aromatic rings. The molecule has 0 aliphatic rings. The monoisotopic (exact) mass is 497 g/mol. The van der Waals surface area contributed by atoms with E-state index in [1.807, 2.05) is 6.92 Å². The van der Waals surface area contributed by atoms with Gasteiger partial charge < -0.3 is 0 Å². The first-order valence-electron chi connectivity index (χ1n) is 8.74. The van der Waals surface area contributed by atoms with Crippen LogP contribution in [0.15, 0.2) is 58.9 Å². The van der Waals surface area contributed by atoms with Crippen LogP contribution in [-0.4, -0.2) is 23.6 Å². The Morgan fingerprint density at radius 3 is 2.48 bits per heavy atom. The fourth-order valence-corrected chi connectivity index (χ4v) is 5.30. The Morgan fingerprint density at radius 2 is 1.90 bits per heavy atom. The van der Waals surface area contributed by atoms with Crippen molar-refractivity contribution in [2.75, 3.05) is 9.62 Å². The van der Waals surface area contributed by atoms with E-state index in [1.165, 1.54) is 12.3 Å². The van der Waals surface area contributed by atoms with Gasteiger partial charge in [-0.3, -0.25) is 14.7 Å². The molecule has 12 heteroatoms. The molecule has 0 unspecified atom stereocenters. The highest BCUT2D eigenvalue weighted by atomic mass is 35.5. The van der Waals surface area contributed by atoms with E-state index in [4.69, 9.17) is 23.2 Å². The van der Waals surface area contributed by atoms with Gasteiger partial charge in [-0.05, 0) is 37.3 Å². The minimum Gasteiger partial charge on any atom is -0.290 e. The van der Waals surface area contributed by atoms with E-state index in [9.17, 15) is 8.42 Å². The van der Waals surface area contributed by atoms with Crippen molar-refractivity contribution < 1.29 is 12.8 Å². The molecular formula is C19H14Cl2FN5O2S2. The Labute approximate surface area is 191 Å². The summed E-state index contributed by atoms with van der Waals surface area (Å²) in [5.41, 5.74) is 1.43. The largest absolute Gasteiger partial charge is 0.290 e. The zero-order chi connectivity index (χ0) is 22.2. The normalized spacial score (nSPS) is 11.5. The summed E-state index contributed by atoms with van der Waals surface area (Å²) in [5, 5.41) is 9.42. The number of nitrogens with one attached hydrogen (secondary N) is 2. The number of halogens is 3. The van der Waals surface area contributed by atoms with Crippen LogP contribution in [0.2, 0.25) is 10.0 Å². The third-order valence-corrected chi connectivity index (χ3v) is 7.00. The van der Waals surface area contributed by atoms with Crippen LogP contribution < -0.4 is 9.62 Å². The lowest BCUT2D eigenvalue weighted by atomic mass is 10.2. The van der Waals surface area contributed by atoms with Crippen LogP contribution in [0.25, 0.3) is 0 Å². The second kappa shape index (κ2) is 8.46. The van der Waals surface area contributed by atoms with Gasteiger partial charge in [-0.15, -0.1) is 11.3 Å². The number of H-pyrrole nitrogens is 1. The molecule has 0 saturated carbocycles. The number of thiazole rings is 1. The number of aryl methyl sites for hydroxylation is 1. The molecule has 0 bridgehead atoms. The summed E-state index contributed by atoms with van der Waals surface area (Å²) < 4.78 is 42.5. The van der Waals surface area contributed by atoms with Gasteiger partial charge >= 0.3 is 0 Å². The van der Waals surface area contributed by atoms with Gasteiger partial charge in [0.25, 0.3) is 10.0 Å². The van der Waals surface area contributed by atoms with Gasteiger partial charge in [0.05, 0.1) is 21.4 Å². The molecule has 2 aromatic heterocycles. The van der Waals surface area contributed by atoms with Crippen LogP contribution in [0, 0.1) is 12.7 Å². The van der Waals surface area contributed by atoms with Gasteiger partial charge in [0.1, 0.15) is 10.7 Å². The van der Waals surface area contributed by atoms with Crippen LogP contribution in [0.3, 0.4) is 0 Å². The minimum atomic E-state index is -4.17. The Bertz CT molecular complexity index is 1320. The zero-order valence-corrected chi connectivity index (χ0v) is 18.9. The molecule has 0 spiro atoms. The summed E-state index contributed by atoms with van der Waals surface area (Å²) in [6, 6.07) is 10.4. The lowest BCUT2D eigenvalue weighted by Gasteiger charge is -2.25. The first-order valence-corrected chi connectivity index (χ1v) is 11.9. The van der Waals surface area contributed by atoms with Crippen molar-refractivity contribution in [2.45, 2.75) is 11.8 Å². The Balaban J connectivity index is 1.81. The zero-order valence-electron chi connectivity index (χ0n) is 15.8. The highest BCUT2D eigenvalue weighted by Crippen LogP contribution is 2.43. The predicted molar refractivity (Wildman–Crippen MR) is 121 cm³/mol. The molecule has 0 amide bonds. The van der Waals surface area contributed by atoms with Crippen molar-refractivity contribution in [1.82, 2.24) is 15.2 Å². The standard InChI is InChI=1S/C19H14Cl2FN5O2S2/c1-11-9-17(25-24-11)27(18-13(20)3-2-4-14(18)21)12-5-6-16(15(22)10-12)31(28,29)26-19-23-7-8-30-19/h2-10H,1H3,(H,23,26)(H,24,25). The van der Waals surface area contributed by atoms with Crippen molar-refractivity contribution in [1.29, 1.82) is 0 Å². The lowest BCUT2D eigenvalue weighted by molar-refractivity contribution is 0.570. The number of benzene rings is 2. The topological polar surface area (TPSA) is 91.0 Å². The van der Waals surface area contributed by atoms with E-state index in [0.717, 1.165) is 29.2 Å². The summed E-state index contributed by atoms with van der Waals surface area (Å²) in [6.07, 6.45) is 1.44. The van der Waals surface area contributed by atoms with Crippen molar-refractivity contribution >= 4 is 66.9 Å². The van der Waals surface area contributed by atoms with Gasteiger partial charge in [0, 0.05) is 23.3 Å². The Hall–Kier alpha value is -2.66. The molecular weight excluding hydrogens is 484 g/mol. The van der Waals surface area contributed by atoms with Crippen molar-refractivity contribution in [3.05, 3.63) is 75.6 Å². The maximum Gasteiger partial charge on any atom is 0.266 e. The Morgan fingerprint density at radius 1 is 1.16 bits per heavy atom. The quantitative estimate of drug-likeness (QED) is 0.346. The van der Waals surface area contributed by atoms with Crippen molar-refractivity contribution in [3.63, 3.8) is 0 Å². The highest BCUT2D eigenvalue weighted by molar-refractivity contribution is 7.93. The van der Waals surface area contributed by atoms with Gasteiger partial charge in [-0.2, -0.15) is 5.10 Å². The number of aromatic nitrogens is 3. The minimum absolute atomic E-state index is 0.139. The fraction of sp³-hybridized carbons (Fsp3) is 0.0526. The number of sulfonamides is 1. The predicted octanol–water partition coefficient (Wildman–Crippen LogP) is 5.89. The van der Waals surface area contributed by atoms with Gasteiger partial charge in [0.2, 0.25) is 0 Å². The van der Waals surface area contributed by atoms with E-state index in [2.05, 4.69) is 19.9 Å². The smallest absolute Gasteiger partial charge is 0.266 e. The number of nitrogens with zero attached hydrogens (tertiary/aromatic N) is 3. The summed E-state index contributed by atoms with van der Waals surface area (Å²) in [7, 11) is -4.17. The van der Waals surface area contributed by atoms with Gasteiger partial charge in [-0.1, -0.05) is 29.3 Å². The maximum absolute atomic E-state index is 15.0. The molecule has 160 valence electrons. The maximum atomic E-state index is 15.0. The van der Waals surface area contributed by atoms with E-state index >= 15 is 4.39 Å². The molecule has 0 aliphatic heterocycles. The summed E-state index contributed by atoms with van der Waals surface area (Å²) >= 11 is 13.9. The second-order valence-corrected chi connectivity index (χ2v) is 9.73. The Kier molecular flexibility index (Phi) is 5.89. The molecule has 0 atom stereocenters. The number of aromatic amines is 1. The van der Waals surface area contributed by atoms with Crippen LogP contribution in [-0.2, 0) is 10.0 Å². The molecule has 2 aromatic carbocycles. The number of rotatable bonds is 6. The molecule has 7 nitrogen and oxygen atoms in total. The number of hydrogen-bond donors (Lipinski definition) is 2. The summed E-state index contributed by atoms with van der Waals surface area (Å²) in [4.78, 5) is 4.88. The van der Waals surface area contributed by atoms with Crippen LogP contribution in [0.4, 0.5) is 26.7 Å². The summed E-state index contributed by atoms with van der Waals surface area (Å²) in [6.45, 7) is 1.81. The van der Waals surface area contributed by atoms with E-state index < -0.39 is 20.7 Å². The van der Waals surface area contributed by atoms with E-state index in [0.29, 0.717) is 21.6 Å². The van der Waals surface area contributed by atoms with Gasteiger partial charge in [0.15, 0.2) is 10.9 Å². The molecule has 31 heavy (non-hydrogen) atoms. The van der Waals surface area contributed by atoms with E-state index in [1.54, 1.807) is 34.5 Å². The molecule has 0 aliphatic carbocycles. The SMILES string of the molecule is Cc1cc(N(c2ccc(S(=O)(=O)Nc3nccs3)c(F)c2)c2c(Cl)cccc2Cl)n[nH]1.